The highest BCUT2D eigenvalue weighted by atomic mass is 15.3. The molecule has 5 heteroatoms. The van der Waals surface area contributed by atoms with Gasteiger partial charge in [-0.1, -0.05) is 43.2 Å². The third-order valence-electron chi connectivity index (χ3n) is 7.11. The number of fused-ring (bicyclic) bond motifs is 1. The van der Waals surface area contributed by atoms with Gasteiger partial charge in [0.2, 0.25) is 5.82 Å². The maximum Gasteiger partial charge on any atom is 0.337 e. The van der Waals surface area contributed by atoms with Crippen molar-refractivity contribution >= 4 is 23.7 Å². The molecule has 1 aliphatic carbocycles. The number of hydrogen-bond acceptors (Lipinski definition) is 3. The first kappa shape index (κ1) is 23.4. The highest BCUT2D eigenvalue weighted by molar-refractivity contribution is 5.68. The Hall–Kier alpha value is -2.27. The van der Waals surface area contributed by atoms with E-state index in [9.17, 15) is 0 Å². The summed E-state index contributed by atoms with van der Waals surface area (Å²) >= 11 is 0. The SMILES string of the molecule is C=C1CCCC(C)(C)[C@H]1CCC(C)=CCCC(C)=CC[N+]1=C[NH+](C)c2ncnc(N)c21. The molecule has 168 valence electrons. The molecular weight excluding hydrogens is 382 g/mol. The van der Waals surface area contributed by atoms with E-state index in [2.05, 4.69) is 74.4 Å². The largest absolute Gasteiger partial charge is 0.378 e. The Labute approximate surface area is 188 Å². The summed E-state index contributed by atoms with van der Waals surface area (Å²) in [5, 5.41) is 0. The van der Waals surface area contributed by atoms with Crippen molar-refractivity contribution in [1.29, 1.82) is 0 Å². The van der Waals surface area contributed by atoms with Crippen LogP contribution in [0.3, 0.4) is 0 Å². The molecule has 0 bridgehead atoms. The third-order valence-corrected chi connectivity index (χ3v) is 7.11. The Morgan fingerprint density at radius 2 is 2.00 bits per heavy atom. The molecule has 1 unspecified atom stereocenters. The van der Waals surface area contributed by atoms with Crippen LogP contribution < -0.4 is 10.6 Å². The van der Waals surface area contributed by atoms with Gasteiger partial charge in [0.15, 0.2) is 6.54 Å². The lowest BCUT2D eigenvalue weighted by atomic mass is 9.65. The molecule has 3 rings (SSSR count). The Kier molecular flexibility index (Phi) is 7.47. The fourth-order valence-electron chi connectivity index (χ4n) is 5.11. The van der Waals surface area contributed by atoms with Crippen molar-refractivity contribution in [2.24, 2.45) is 11.3 Å². The lowest BCUT2D eigenvalue weighted by molar-refractivity contribution is -0.711. The second-order valence-corrected chi connectivity index (χ2v) is 10.2. The van der Waals surface area contributed by atoms with Gasteiger partial charge < -0.3 is 5.73 Å². The van der Waals surface area contributed by atoms with Gasteiger partial charge in [0.25, 0.3) is 0 Å². The zero-order valence-electron chi connectivity index (χ0n) is 20.2. The molecule has 1 aromatic heterocycles. The number of hydrogen-bond donors (Lipinski definition) is 2. The minimum Gasteiger partial charge on any atom is -0.378 e. The first-order valence-corrected chi connectivity index (χ1v) is 11.7. The highest BCUT2D eigenvalue weighted by Crippen LogP contribution is 2.45. The van der Waals surface area contributed by atoms with Gasteiger partial charge in [-0.15, -0.1) is 4.58 Å². The summed E-state index contributed by atoms with van der Waals surface area (Å²) in [5.41, 5.74) is 11.8. The summed E-state index contributed by atoms with van der Waals surface area (Å²) in [5.74, 6) is 2.16. The Balaban J connectivity index is 1.48. The number of nitrogens with one attached hydrogen (secondary N) is 1. The molecule has 0 aromatic carbocycles. The summed E-state index contributed by atoms with van der Waals surface area (Å²) in [4.78, 5) is 9.67. The molecule has 1 aliphatic heterocycles. The van der Waals surface area contributed by atoms with Gasteiger partial charge in [-0.25, -0.2) is 9.88 Å². The third kappa shape index (κ3) is 5.70. The fraction of sp³-hybridized carbons (Fsp3) is 0.577. The van der Waals surface area contributed by atoms with E-state index in [1.807, 2.05) is 0 Å². The summed E-state index contributed by atoms with van der Waals surface area (Å²) in [6.07, 6.45) is 16.8. The van der Waals surface area contributed by atoms with Crippen LogP contribution in [0, 0.1) is 11.3 Å². The number of nitrogen functional groups attached to an aromatic ring is 1. The number of anilines is 1. The van der Waals surface area contributed by atoms with Gasteiger partial charge in [0.05, 0.1) is 7.05 Å². The molecule has 0 saturated heterocycles. The van der Waals surface area contributed by atoms with E-state index in [0.29, 0.717) is 17.2 Å². The van der Waals surface area contributed by atoms with E-state index in [-0.39, 0.29) is 0 Å². The predicted octanol–water partition coefficient (Wildman–Crippen LogP) is 4.73. The van der Waals surface area contributed by atoms with Crippen LogP contribution in [0.25, 0.3) is 0 Å². The van der Waals surface area contributed by atoms with Crippen molar-refractivity contribution < 1.29 is 9.48 Å². The molecule has 3 N–H and O–H groups in total. The average molecular weight is 424 g/mol. The zero-order valence-corrected chi connectivity index (χ0v) is 20.2. The standard InChI is InChI=1S/C26H40N5/c1-19(12-13-22-21(3)11-8-15-26(22,4)5)9-7-10-20(2)14-16-31-18-30(6)25-23(31)24(27)28-17-29-25/h9,14,17-18,22H,3,7-8,10-13,15-16H2,1-2,4-6H3,(H2,27,28,29)/q+1/p+1/t22-/m0/s1. The number of nitrogens with two attached hydrogens (primary N) is 1. The second-order valence-electron chi connectivity index (χ2n) is 10.2. The molecule has 1 aromatic rings. The lowest BCUT2D eigenvalue weighted by Gasteiger charge is -2.40. The van der Waals surface area contributed by atoms with Crippen LogP contribution in [0.5, 0.6) is 0 Å². The lowest BCUT2D eigenvalue weighted by Crippen LogP contribution is -3.02. The molecule has 2 aliphatic rings. The van der Waals surface area contributed by atoms with Crippen LogP contribution in [0.15, 0.2) is 41.8 Å². The second kappa shape index (κ2) is 9.90. The Morgan fingerprint density at radius 1 is 1.26 bits per heavy atom. The van der Waals surface area contributed by atoms with Gasteiger partial charge in [-0.05, 0) is 76.2 Å². The van der Waals surface area contributed by atoms with Gasteiger partial charge in [0, 0.05) is 0 Å². The van der Waals surface area contributed by atoms with Crippen LogP contribution in [0.1, 0.15) is 72.6 Å². The molecule has 5 nitrogen and oxygen atoms in total. The van der Waals surface area contributed by atoms with Crippen molar-refractivity contribution in [3.8, 4) is 0 Å². The molecule has 31 heavy (non-hydrogen) atoms. The summed E-state index contributed by atoms with van der Waals surface area (Å²) in [7, 11) is 2.07. The van der Waals surface area contributed by atoms with Gasteiger partial charge >= 0.3 is 17.8 Å². The zero-order chi connectivity index (χ0) is 22.6. The number of nitrogens with zero attached hydrogens (tertiary/aromatic N) is 3. The number of quaternary nitrogens is 1. The number of allylic oxidation sites excluding steroid dienone is 4. The highest BCUT2D eigenvalue weighted by Gasteiger charge is 2.35. The van der Waals surface area contributed by atoms with Gasteiger partial charge in [-0.2, -0.15) is 4.98 Å². The molecule has 0 amide bonds. The quantitative estimate of drug-likeness (QED) is 0.469. The van der Waals surface area contributed by atoms with E-state index in [1.165, 1.54) is 55.2 Å². The van der Waals surface area contributed by atoms with Crippen molar-refractivity contribution in [2.45, 2.75) is 72.6 Å². The molecule has 1 saturated carbocycles. The van der Waals surface area contributed by atoms with Crippen molar-refractivity contribution in [3.63, 3.8) is 0 Å². The first-order valence-electron chi connectivity index (χ1n) is 11.7. The fourth-order valence-corrected chi connectivity index (χ4v) is 5.11. The van der Waals surface area contributed by atoms with Crippen LogP contribution in [-0.2, 0) is 0 Å². The number of rotatable bonds is 8. The van der Waals surface area contributed by atoms with Crippen molar-refractivity contribution in [1.82, 2.24) is 9.97 Å². The molecule has 2 heterocycles. The average Bonchev–Trinajstić information content (AvgIpc) is 3.02. The van der Waals surface area contributed by atoms with E-state index in [1.54, 1.807) is 0 Å². The van der Waals surface area contributed by atoms with E-state index in [4.69, 9.17) is 5.73 Å². The minimum atomic E-state index is 0.407. The van der Waals surface area contributed by atoms with Crippen LogP contribution in [0.2, 0.25) is 0 Å². The summed E-state index contributed by atoms with van der Waals surface area (Å²) in [6, 6.07) is 0. The molecule has 2 atom stereocenters. The smallest absolute Gasteiger partial charge is 0.337 e. The van der Waals surface area contributed by atoms with Gasteiger partial charge in [0.1, 0.15) is 6.33 Å². The maximum atomic E-state index is 6.09. The van der Waals surface area contributed by atoms with E-state index >= 15 is 0 Å². The Morgan fingerprint density at radius 3 is 2.74 bits per heavy atom. The normalized spacial score (nSPS) is 23.6. The molecular formula is C26H41N5+2. The van der Waals surface area contributed by atoms with Gasteiger partial charge in [-0.3, -0.25) is 0 Å². The number of aromatic nitrogens is 2. The minimum absolute atomic E-state index is 0.407. The van der Waals surface area contributed by atoms with Crippen LogP contribution in [0.4, 0.5) is 17.3 Å². The molecule has 0 radical (unpaired) electrons. The van der Waals surface area contributed by atoms with Crippen LogP contribution >= 0.6 is 0 Å². The topological polar surface area (TPSA) is 59.2 Å². The van der Waals surface area contributed by atoms with Crippen molar-refractivity contribution in [2.75, 3.05) is 19.3 Å². The van der Waals surface area contributed by atoms with Crippen molar-refractivity contribution in [3.05, 3.63) is 41.8 Å². The van der Waals surface area contributed by atoms with E-state index < -0.39 is 0 Å². The maximum absolute atomic E-state index is 6.09. The molecule has 1 fully saturated rings. The summed E-state index contributed by atoms with van der Waals surface area (Å²) in [6.45, 7) is 14.5. The van der Waals surface area contributed by atoms with E-state index in [0.717, 1.165) is 35.8 Å². The Bertz CT molecular complexity index is 906. The monoisotopic (exact) mass is 423 g/mol. The molecule has 0 spiro atoms. The summed E-state index contributed by atoms with van der Waals surface area (Å²) < 4.78 is 2.16. The predicted molar refractivity (Wildman–Crippen MR) is 130 cm³/mol. The van der Waals surface area contributed by atoms with Crippen LogP contribution in [-0.4, -0.2) is 34.5 Å². The first-order chi connectivity index (χ1) is 14.7.